The molecule has 15 nitrogen and oxygen atoms in total. The van der Waals surface area contributed by atoms with Crippen molar-refractivity contribution in [2.75, 3.05) is 13.6 Å². The van der Waals surface area contributed by atoms with Crippen LogP contribution < -0.4 is 26.0 Å². The number of hydrogen-bond acceptors (Lipinski definition) is 9. The number of carbonyl (C=O) groups excluding carboxylic acids is 4. The van der Waals surface area contributed by atoms with E-state index in [0.29, 0.717) is 17.0 Å². The Bertz CT molecular complexity index is 2010. The Kier molecular flexibility index (Phi) is 11.6. The van der Waals surface area contributed by atoms with Crippen LogP contribution in [0.3, 0.4) is 0 Å². The molecule has 7 rings (SSSR count). The van der Waals surface area contributed by atoms with Gasteiger partial charge in [-0.25, -0.2) is 9.48 Å². The number of aliphatic carboxylic acids is 1. The Balaban J connectivity index is 1.39. The Morgan fingerprint density at radius 3 is 2.44 bits per heavy atom. The fourth-order valence-electron chi connectivity index (χ4n) is 6.91. The van der Waals surface area contributed by atoms with Gasteiger partial charge in [0.2, 0.25) is 23.6 Å². The molecule has 54 heavy (non-hydrogen) atoms. The van der Waals surface area contributed by atoms with Crippen LogP contribution in [0.4, 0.5) is 0 Å². The van der Waals surface area contributed by atoms with Crippen LogP contribution >= 0.6 is 0 Å². The highest BCUT2D eigenvalue weighted by molar-refractivity contribution is 5.96. The van der Waals surface area contributed by atoms with Crippen LogP contribution in [0.2, 0.25) is 0 Å². The molecule has 1 fully saturated rings. The molecule has 6 unspecified atom stereocenters. The van der Waals surface area contributed by atoms with Gasteiger partial charge in [-0.05, 0) is 53.9 Å². The first-order valence-corrected chi connectivity index (χ1v) is 18.1. The fourth-order valence-corrected chi connectivity index (χ4v) is 6.91. The van der Waals surface area contributed by atoms with Crippen LogP contribution in [0.5, 0.6) is 5.75 Å². The van der Waals surface area contributed by atoms with Gasteiger partial charge in [0.25, 0.3) is 0 Å². The van der Waals surface area contributed by atoms with Gasteiger partial charge in [-0.3, -0.25) is 19.2 Å². The molecule has 3 aromatic carbocycles. The maximum absolute atomic E-state index is 14.5. The number of carboxylic acids is 1. The number of benzene rings is 3. The Labute approximate surface area is 312 Å². The average molecular weight is 739 g/mol. The molecule has 0 saturated carbocycles. The number of nitrogens with zero attached hydrogens (tertiary/aromatic N) is 4. The van der Waals surface area contributed by atoms with Gasteiger partial charge in [0.1, 0.15) is 42.2 Å². The van der Waals surface area contributed by atoms with Crippen molar-refractivity contribution in [2.24, 2.45) is 5.92 Å². The van der Waals surface area contributed by atoms with Gasteiger partial charge in [0, 0.05) is 25.8 Å². The summed E-state index contributed by atoms with van der Waals surface area (Å²) in [6.07, 6.45) is 1.86. The molecule has 4 aromatic rings. The van der Waals surface area contributed by atoms with E-state index in [1.54, 1.807) is 49.1 Å². The minimum absolute atomic E-state index is 0.0221. The summed E-state index contributed by atoms with van der Waals surface area (Å²) in [6, 6.07) is 14.6. The third-order valence-corrected chi connectivity index (χ3v) is 10.2. The highest BCUT2D eigenvalue weighted by atomic mass is 16.5. The van der Waals surface area contributed by atoms with Crippen LogP contribution in [0, 0.1) is 5.92 Å². The van der Waals surface area contributed by atoms with Crippen molar-refractivity contribution < 1.29 is 33.8 Å². The molecule has 0 spiro atoms. The second-order valence-corrected chi connectivity index (χ2v) is 14.3. The summed E-state index contributed by atoms with van der Waals surface area (Å²) in [7, 11) is 1.64. The Morgan fingerprint density at radius 1 is 0.981 bits per heavy atom. The molecule has 0 aliphatic carbocycles. The molecule has 284 valence electrons. The van der Waals surface area contributed by atoms with Crippen molar-refractivity contribution in [3.8, 4) is 5.75 Å². The summed E-state index contributed by atoms with van der Waals surface area (Å²) in [6.45, 7) is 5.46. The first kappa shape index (κ1) is 37.9. The third-order valence-electron chi connectivity index (χ3n) is 10.2. The third kappa shape index (κ3) is 8.52. The zero-order valence-electron chi connectivity index (χ0n) is 30.7. The normalized spacial score (nSPS) is 21.6. The monoisotopic (exact) mass is 738 g/mol. The van der Waals surface area contributed by atoms with E-state index < -0.39 is 59.9 Å². The molecular formula is C39H46N8O7. The lowest BCUT2D eigenvalue weighted by molar-refractivity contribution is -0.144. The maximum atomic E-state index is 14.5. The van der Waals surface area contributed by atoms with E-state index in [9.17, 15) is 29.1 Å². The van der Waals surface area contributed by atoms with E-state index in [2.05, 4.69) is 31.6 Å². The number of nitrogens with one attached hydrogen (secondary N) is 4. The zero-order chi connectivity index (χ0) is 38.5. The number of hydrogen-bond donors (Lipinski definition) is 5. The largest absolute Gasteiger partial charge is 0.487 e. The van der Waals surface area contributed by atoms with Crippen LogP contribution in [-0.2, 0) is 43.4 Å². The maximum Gasteiger partial charge on any atom is 0.326 e. The summed E-state index contributed by atoms with van der Waals surface area (Å²) >= 11 is 0. The predicted octanol–water partition coefficient (Wildman–Crippen LogP) is 1.75. The second kappa shape index (κ2) is 16.5. The summed E-state index contributed by atoms with van der Waals surface area (Å²) in [5.41, 5.74) is 1.94. The van der Waals surface area contributed by atoms with Crippen molar-refractivity contribution in [3.63, 3.8) is 0 Å². The van der Waals surface area contributed by atoms with E-state index in [1.165, 1.54) is 4.90 Å². The molecule has 5 N–H and O–H groups in total. The standard InChI is InChI=1S/C39H46N8O7/c1-22(2)34(43-35(48)23(3)40-4)38(51)46-20-28-18-33(46)37(50)41-31(17-26-10-7-9-25-8-5-6-11-30(25)26)36(49)42-32(39(52)53)16-24-12-14-29(15-13-24)54-21-27-19-47(28)45-44-27/h5-15,19,22-23,28,31-34,40H,16-18,20-21H2,1-4H3,(H,41,50)(H,42,49)(H,43,48)(H,52,53). The van der Waals surface area contributed by atoms with Crippen molar-refractivity contribution in [3.05, 3.63) is 89.7 Å². The van der Waals surface area contributed by atoms with E-state index in [1.807, 2.05) is 56.3 Å². The average Bonchev–Trinajstić information content (AvgIpc) is 3.83. The van der Waals surface area contributed by atoms with Crippen molar-refractivity contribution >= 4 is 40.4 Å². The molecule has 3 aliphatic heterocycles. The van der Waals surface area contributed by atoms with E-state index in [4.69, 9.17) is 4.74 Å². The lowest BCUT2D eigenvalue weighted by Gasteiger charge is -2.32. The quantitative estimate of drug-likeness (QED) is 0.178. The molecular weight excluding hydrogens is 692 g/mol. The molecule has 3 aliphatic rings. The number of aromatic nitrogens is 3. The molecule has 0 radical (unpaired) electrons. The van der Waals surface area contributed by atoms with Crippen LogP contribution in [-0.4, -0.2) is 98.4 Å². The topological polar surface area (TPSA) is 197 Å². The number of carboxylic acid groups (broad SMARTS) is 1. The SMILES string of the molecule is CNC(C)C(=O)NC(C(=O)N1CC2CC1C(=O)NC(Cc1cccc3ccccc13)C(=O)NC(C(=O)O)Cc1ccc(cc1)OCc1cn2nn1)C(C)C. The number of carbonyl (C=O) groups is 5. The van der Waals surface area contributed by atoms with Crippen molar-refractivity contribution in [1.82, 2.24) is 41.2 Å². The minimum Gasteiger partial charge on any atom is -0.487 e. The lowest BCUT2D eigenvalue weighted by Crippen LogP contribution is -2.59. The minimum atomic E-state index is -1.31. The summed E-state index contributed by atoms with van der Waals surface area (Å²) < 4.78 is 7.52. The lowest BCUT2D eigenvalue weighted by atomic mass is 9.97. The van der Waals surface area contributed by atoms with Crippen LogP contribution in [0.25, 0.3) is 10.8 Å². The molecule has 1 aromatic heterocycles. The van der Waals surface area contributed by atoms with Crippen LogP contribution in [0.15, 0.2) is 72.9 Å². The molecule has 1 saturated heterocycles. The van der Waals surface area contributed by atoms with Gasteiger partial charge in [-0.2, -0.15) is 0 Å². The van der Waals surface area contributed by atoms with E-state index in [0.717, 1.165) is 16.3 Å². The molecule has 15 heteroatoms. The van der Waals surface area contributed by atoms with E-state index >= 15 is 0 Å². The van der Waals surface area contributed by atoms with Gasteiger partial charge in [0.15, 0.2) is 0 Å². The fraction of sp³-hybridized carbons (Fsp3) is 0.410. The van der Waals surface area contributed by atoms with Gasteiger partial charge in [-0.15, -0.1) is 5.10 Å². The van der Waals surface area contributed by atoms with Gasteiger partial charge < -0.3 is 36.0 Å². The number of fused-ring (bicyclic) bond motifs is 10. The first-order valence-electron chi connectivity index (χ1n) is 18.1. The van der Waals surface area contributed by atoms with Crippen molar-refractivity contribution in [2.45, 2.75) is 82.9 Å². The second-order valence-electron chi connectivity index (χ2n) is 14.3. The van der Waals surface area contributed by atoms with Gasteiger partial charge in [0.05, 0.1) is 18.3 Å². The summed E-state index contributed by atoms with van der Waals surface area (Å²) in [5.74, 6) is -3.16. The van der Waals surface area contributed by atoms with Crippen molar-refractivity contribution in [1.29, 1.82) is 0 Å². The molecule has 6 atom stereocenters. The summed E-state index contributed by atoms with van der Waals surface area (Å²) in [4.78, 5) is 69.9. The molecule has 4 amide bonds. The number of rotatable bonds is 8. The number of ether oxygens (including phenoxy) is 1. The predicted molar refractivity (Wildman–Crippen MR) is 198 cm³/mol. The Morgan fingerprint density at radius 2 is 1.72 bits per heavy atom. The summed E-state index contributed by atoms with van der Waals surface area (Å²) in [5, 5.41) is 31.9. The highest BCUT2D eigenvalue weighted by Crippen LogP contribution is 2.30. The molecule has 4 heterocycles. The van der Waals surface area contributed by atoms with Gasteiger partial charge in [-0.1, -0.05) is 73.7 Å². The zero-order valence-corrected chi connectivity index (χ0v) is 30.7. The van der Waals surface area contributed by atoms with E-state index in [-0.39, 0.29) is 44.2 Å². The number of amides is 4. The van der Waals surface area contributed by atoms with Crippen LogP contribution in [0.1, 0.15) is 50.1 Å². The van der Waals surface area contributed by atoms with Gasteiger partial charge >= 0.3 is 5.97 Å². The smallest absolute Gasteiger partial charge is 0.326 e. The first-order chi connectivity index (χ1) is 25.9. The number of likely N-dealkylation sites (N-methyl/N-ethyl adjacent to an activating group) is 1. The molecule has 6 bridgehead atoms. The Hall–Kier alpha value is -5.83. The number of likely N-dealkylation sites (tertiary alicyclic amines) is 1. The highest BCUT2D eigenvalue weighted by Gasteiger charge is 2.45.